The number of hydrogen-bond acceptors (Lipinski definition) is 9. The smallest absolute Gasteiger partial charge is 0.353 e. The van der Waals surface area contributed by atoms with E-state index in [1.54, 1.807) is 13.8 Å². The monoisotopic (exact) mass is 482 g/mol. The predicted octanol–water partition coefficient (Wildman–Crippen LogP) is 0.413. The van der Waals surface area contributed by atoms with E-state index in [1.807, 2.05) is 0 Å². The minimum Gasteiger partial charge on any atom is -0.353 e. The lowest BCUT2D eigenvalue weighted by molar-refractivity contribution is -0.135. The molecule has 2 aliphatic heterocycles. The summed E-state index contributed by atoms with van der Waals surface area (Å²) in [6, 6.07) is -0.645. The van der Waals surface area contributed by atoms with Crippen LogP contribution in [0.25, 0.3) is 0 Å². The quantitative estimate of drug-likeness (QED) is 0.297. The van der Waals surface area contributed by atoms with E-state index < -0.39 is 59.8 Å². The van der Waals surface area contributed by atoms with Crippen molar-refractivity contribution in [1.29, 1.82) is 0 Å². The number of nitrogens with zero attached hydrogens (tertiary/aromatic N) is 1. The number of rotatable bonds is 8. The van der Waals surface area contributed by atoms with E-state index in [0.29, 0.717) is 6.42 Å². The highest BCUT2D eigenvalue weighted by Gasteiger charge is 2.45. The molecule has 168 valence electrons. The largest absolute Gasteiger partial charge is 0.490 e. The van der Waals surface area contributed by atoms with Crippen molar-refractivity contribution >= 4 is 35.4 Å². The number of phosphoric acid groups is 3. The molecule has 5 N–H and O–H groups in total. The van der Waals surface area contributed by atoms with Crippen molar-refractivity contribution in [2.24, 2.45) is 5.41 Å². The van der Waals surface area contributed by atoms with E-state index >= 15 is 0 Å². The van der Waals surface area contributed by atoms with Crippen molar-refractivity contribution in [2.75, 3.05) is 13.2 Å². The van der Waals surface area contributed by atoms with Gasteiger partial charge in [-0.15, -0.1) is 0 Å². The van der Waals surface area contributed by atoms with Crippen LogP contribution in [0.2, 0.25) is 0 Å². The van der Waals surface area contributed by atoms with E-state index in [9.17, 15) is 28.2 Å². The zero-order valence-electron chi connectivity index (χ0n) is 15.2. The van der Waals surface area contributed by atoms with Gasteiger partial charge in [0.1, 0.15) is 6.23 Å². The molecule has 2 saturated heterocycles. The van der Waals surface area contributed by atoms with Gasteiger partial charge in [0.15, 0.2) is 0 Å². The van der Waals surface area contributed by atoms with Gasteiger partial charge in [0.25, 0.3) is 0 Å². The van der Waals surface area contributed by atoms with Gasteiger partial charge in [-0.25, -0.2) is 18.5 Å². The molecule has 0 aromatic rings. The molecule has 0 spiro atoms. The lowest BCUT2D eigenvalue weighted by Crippen LogP contribution is -2.61. The van der Waals surface area contributed by atoms with E-state index in [1.165, 1.54) is 4.90 Å². The van der Waals surface area contributed by atoms with Crippen LogP contribution in [-0.2, 0) is 36.4 Å². The molecule has 29 heavy (non-hydrogen) atoms. The number of urea groups is 1. The summed E-state index contributed by atoms with van der Waals surface area (Å²) in [4.78, 5) is 60.5. The zero-order valence-corrected chi connectivity index (χ0v) is 17.9. The second-order valence-corrected chi connectivity index (χ2v) is 11.4. The lowest BCUT2D eigenvalue weighted by Gasteiger charge is -2.39. The van der Waals surface area contributed by atoms with Gasteiger partial charge < -0.3 is 24.3 Å². The summed E-state index contributed by atoms with van der Waals surface area (Å²) < 4.78 is 50.8. The Hall–Kier alpha value is -0.690. The first kappa shape index (κ1) is 24.6. The number of hydrogen-bond donors (Lipinski definition) is 5. The first-order valence-electron chi connectivity index (χ1n) is 8.06. The van der Waals surface area contributed by atoms with Crippen molar-refractivity contribution in [3.8, 4) is 0 Å². The third-order valence-electron chi connectivity index (χ3n) is 3.93. The van der Waals surface area contributed by atoms with Crippen molar-refractivity contribution < 1.29 is 60.7 Å². The SMILES string of the molecule is CC1(C)CN([C@H]2CC[C@@H](COP(=O)(O)OP(=O)(O)OP(=O)(O)O)O2)C(=O)NC1=O. The molecular formula is C11H21N2O13P3. The molecule has 0 radical (unpaired) electrons. The van der Waals surface area contributed by atoms with Crippen molar-refractivity contribution in [3.05, 3.63) is 0 Å². The standard InChI is InChI=1S/C11H21N2O13P3/c1-11(2)6-13(10(15)12-9(11)14)8-4-3-7(24-8)5-23-28(19,20)26-29(21,22)25-27(16,17)18/h7-8H,3-6H2,1-2H3,(H,19,20)(H,21,22)(H,12,14,15)(H2,16,17,18)/t7-,8+/m0/s1. The molecule has 2 heterocycles. The summed E-state index contributed by atoms with van der Waals surface area (Å²) in [5.74, 6) is -0.430. The highest BCUT2D eigenvalue weighted by molar-refractivity contribution is 7.66. The second-order valence-electron chi connectivity index (χ2n) is 6.95. The fourth-order valence-corrected chi connectivity index (χ4v) is 5.71. The minimum atomic E-state index is -5.59. The molecule has 2 rings (SSSR count). The fourth-order valence-electron chi connectivity index (χ4n) is 2.66. The van der Waals surface area contributed by atoms with Crippen LogP contribution in [-0.4, -0.2) is 61.9 Å². The van der Waals surface area contributed by atoms with Crippen LogP contribution in [0, 0.1) is 5.41 Å². The number of imide groups is 1. The van der Waals surface area contributed by atoms with Gasteiger partial charge in [0, 0.05) is 6.54 Å². The maximum Gasteiger partial charge on any atom is 0.490 e. The number of ether oxygens (including phenoxy) is 1. The Morgan fingerprint density at radius 1 is 1.10 bits per heavy atom. The second kappa shape index (κ2) is 8.45. The molecule has 0 saturated carbocycles. The van der Waals surface area contributed by atoms with E-state index in [-0.39, 0.29) is 13.0 Å². The Morgan fingerprint density at radius 2 is 1.72 bits per heavy atom. The Kier molecular flexibility index (Phi) is 7.16. The van der Waals surface area contributed by atoms with Crippen molar-refractivity contribution in [3.63, 3.8) is 0 Å². The summed E-state index contributed by atoms with van der Waals surface area (Å²) in [5.41, 5.74) is -0.846. The van der Waals surface area contributed by atoms with Crippen LogP contribution in [0.5, 0.6) is 0 Å². The summed E-state index contributed by atoms with van der Waals surface area (Å²) in [7, 11) is -16.3. The van der Waals surface area contributed by atoms with Gasteiger partial charge in [-0.05, 0) is 26.7 Å². The first-order chi connectivity index (χ1) is 13.0. The molecule has 2 fully saturated rings. The molecule has 0 aromatic heterocycles. The molecule has 3 amide bonds. The number of amides is 3. The van der Waals surface area contributed by atoms with E-state index in [0.717, 1.165) is 0 Å². The number of phosphoric ester groups is 1. The third kappa shape index (κ3) is 7.20. The van der Waals surface area contributed by atoms with Crippen LogP contribution in [0.15, 0.2) is 0 Å². The molecule has 0 aromatic carbocycles. The molecule has 4 atom stereocenters. The molecule has 15 nitrogen and oxygen atoms in total. The topological polar surface area (TPSA) is 218 Å². The van der Waals surface area contributed by atoms with Gasteiger partial charge in [-0.3, -0.25) is 19.5 Å². The van der Waals surface area contributed by atoms with Crippen molar-refractivity contribution in [1.82, 2.24) is 10.2 Å². The molecule has 18 heteroatoms. The molecule has 2 unspecified atom stereocenters. The Labute approximate surface area is 164 Å². The average molecular weight is 482 g/mol. The van der Waals surface area contributed by atoms with Crippen molar-refractivity contribution in [2.45, 2.75) is 39.0 Å². The third-order valence-corrected chi connectivity index (χ3v) is 7.74. The maximum absolute atomic E-state index is 12.0. The van der Waals surface area contributed by atoms with Gasteiger partial charge in [-0.1, -0.05) is 0 Å². The van der Waals surface area contributed by atoms with Gasteiger partial charge >= 0.3 is 29.5 Å². The predicted molar refractivity (Wildman–Crippen MR) is 91.7 cm³/mol. The van der Waals surface area contributed by atoms with Crippen LogP contribution in [0.4, 0.5) is 4.79 Å². The van der Waals surface area contributed by atoms with E-state index in [2.05, 4.69) is 18.5 Å². The number of carbonyl (C=O) groups excluding carboxylic acids is 2. The highest BCUT2D eigenvalue weighted by atomic mass is 31.3. The van der Waals surface area contributed by atoms with Gasteiger partial charge in [0.2, 0.25) is 5.91 Å². The van der Waals surface area contributed by atoms with Crippen LogP contribution >= 0.6 is 23.5 Å². The summed E-state index contributed by atoms with van der Waals surface area (Å²) >= 11 is 0. The zero-order chi connectivity index (χ0) is 22.3. The normalized spacial score (nSPS) is 29.2. The first-order valence-corrected chi connectivity index (χ1v) is 12.6. The molecule has 0 bridgehead atoms. The van der Waals surface area contributed by atoms with Gasteiger partial charge in [-0.2, -0.15) is 8.62 Å². The summed E-state index contributed by atoms with van der Waals surface area (Å²) in [6.45, 7) is 2.77. The fraction of sp³-hybridized carbons (Fsp3) is 0.818. The molecule has 2 aliphatic rings. The van der Waals surface area contributed by atoms with Crippen LogP contribution in [0.1, 0.15) is 26.7 Å². The Balaban J connectivity index is 1.89. The number of nitrogens with one attached hydrogen (secondary N) is 1. The molecular weight excluding hydrogens is 461 g/mol. The minimum absolute atomic E-state index is 0.0882. The Morgan fingerprint density at radius 3 is 2.31 bits per heavy atom. The highest BCUT2D eigenvalue weighted by Crippen LogP contribution is 2.66. The maximum atomic E-state index is 12.0. The van der Waals surface area contributed by atoms with Crippen LogP contribution < -0.4 is 5.32 Å². The van der Waals surface area contributed by atoms with Crippen LogP contribution in [0.3, 0.4) is 0 Å². The average Bonchev–Trinajstić information content (AvgIpc) is 2.94. The summed E-state index contributed by atoms with van der Waals surface area (Å²) in [5, 5.41) is 2.21. The number of carbonyl (C=O) groups is 2. The molecule has 0 aliphatic carbocycles. The van der Waals surface area contributed by atoms with Gasteiger partial charge in [0.05, 0.1) is 18.1 Å². The van der Waals surface area contributed by atoms with E-state index in [4.69, 9.17) is 19.4 Å². The Bertz CT molecular complexity index is 810. The summed E-state index contributed by atoms with van der Waals surface area (Å²) in [6.07, 6.45) is -0.948. The lowest BCUT2D eigenvalue weighted by atomic mass is 9.90.